The zero-order valence-corrected chi connectivity index (χ0v) is 21.7. The largest absolute Gasteiger partial charge is 0.487 e. The highest BCUT2D eigenvalue weighted by molar-refractivity contribution is 7.91. The fourth-order valence-electron chi connectivity index (χ4n) is 3.34. The summed E-state index contributed by atoms with van der Waals surface area (Å²) < 4.78 is 39.3. The average Bonchev–Trinajstić information content (AvgIpc) is 3.02. The third-order valence-electron chi connectivity index (χ3n) is 5.28. The number of nitrogens with zero attached hydrogens (tertiary/aromatic N) is 2. The Labute approximate surface area is 202 Å². The molecule has 0 radical (unpaired) electrons. The Morgan fingerprint density at radius 3 is 2.47 bits per heavy atom. The fraction of sp³-hybridized carbons (Fsp3) is 0.333. The third-order valence-corrected chi connectivity index (χ3v) is 8.83. The van der Waals surface area contributed by atoms with E-state index in [2.05, 4.69) is 24.4 Å². The molecule has 0 N–H and O–H groups in total. The van der Waals surface area contributed by atoms with Gasteiger partial charge in [0.2, 0.25) is 0 Å². The van der Waals surface area contributed by atoms with Crippen LogP contribution in [0.15, 0.2) is 54.6 Å². The first-order valence-electron chi connectivity index (χ1n) is 10.9. The van der Waals surface area contributed by atoms with Crippen LogP contribution in [0.5, 0.6) is 5.75 Å². The van der Waals surface area contributed by atoms with Crippen molar-refractivity contribution < 1.29 is 27.5 Å². The van der Waals surface area contributed by atoms with Gasteiger partial charge in [0, 0.05) is 20.7 Å². The molecule has 8 nitrogen and oxygen atoms in total. The van der Waals surface area contributed by atoms with Gasteiger partial charge in [-0.2, -0.15) is 8.42 Å². The summed E-state index contributed by atoms with van der Waals surface area (Å²) in [6.45, 7) is 6.50. The number of anilines is 1. The van der Waals surface area contributed by atoms with E-state index in [9.17, 15) is 18.0 Å². The SMILES string of the molecule is COC(=O)C=Cc1ccc(N2CC(=O)N(CC[Si](C)(C)C)S2(=O)=O)c(OCc2ccccc2)c1. The van der Waals surface area contributed by atoms with E-state index in [1.54, 1.807) is 24.3 Å². The minimum atomic E-state index is -4.03. The summed E-state index contributed by atoms with van der Waals surface area (Å²) >= 11 is 0. The first-order chi connectivity index (χ1) is 16.0. The minimum Gasteiger partial charge on any atom is -0.487 e. The number of rotatable bonds is 9. The van der Waals surface area contributed by atoms with Gasteiger partial charge < -0.3 is 9.47 Å². The summed E-state index contributed by atoms with van der Waals surface area (Å²) in [7, 11) is -4.30. The molecule has 0 bridgehead atoms. The van der Waals surface area contributed by atoms with Gasteiger partial charge in [0.1, 0.15) is 18.9 Å². The molecule has 0 aliphatic carbocycles. The quantitative estimate of drug-likeness (QED) is 0.295. The van der Waals surface area contributed by atoms with Gasteiger partial charge in [0.05, 0.1) is 12.8 Å². The number of carbonyl (C=O) groups excluding carboxylic acids is 2. The summed E-state index contributed by atoms with van der Waals surface area (Å²) in [5, 5.41) is 0. The predicted octanol–water partition coefficient (Wildman–Crippen LogP) is 3.68. The third kappa shape index (κ3) is 6.26. The normalized spacial score (nSPS) is 15.7. The van der Waals surface area contributed by atoms with Gasteiger partial charge in [-0.15, -0.1) is 0 Å². The maximum Gasteiger partial charge on any atom is 0.330 e. The molecule has 1 saturated heterocycles. The van der Waals surface area contributed by atoms with Crippen molar-refractivity contribution in [1.82, 2.24) is 4.31 Å². The molecule has 1 amide bonds. The summed E-state index contributed by atoms with van der Waals surface area (Å²) in [6, 6.07) is 15.0. The van der Waals surface area contributed by atoms with Crippen LogP contribution in [0.2, 0.25) is 25.7 Å². The monoisotopic (exact) mass is 502 g/mol. The first-order valence-corrected chi connectivity index (χ1v) is 16.0. The highest BCUT2D eigenvalue weighted by Crippen LogP contribution is 2.36. The van der Waals surface area contributed by atoms with E-state index >= 15 is 0 Å². The molecular formula is C24H30N2O6SSi. The Kier molecular flexibility index (Phi) is 7.83. The molecule has 0 spiro atoms. The van der Waals surface area contributed by atoms with E-state index in [1.807, 2.05) is 30.3 Å². The summed E-state index contributed by atoms with van der Waals surface area (Å²) in [5.74, 6) is -0.678. The molecule has 34 heavy (non-hydrogen) atoms. The lowest BCUT2D eigenvalue weighted by molar-refractivity contribution is -0.134. The van der Waals surface area contributed by atoms with Crippen LogP contribution in [0.3, 0.4) is 0 Å². The smallest absolute Gasteiger partial charge is 0.330 e. The van der Waals surface area contributed by atoms with Gasteiger partial charge in [-0.25, -0.2) is 13.4 Å². The van der Waals surface area contributed by atoms with Crippen molar-refractivity contribution in [3.05, 3.63) is 65.7 Å². The van der Waals surface area contributed by atoms with Crippen molar-refractivity contribution in [2.75, 3.05) is 24.5 Å². The van der Waals surface area contributed by atoms with Crippen LogP contribution in [-0.4, -0.2) is 52.9 Å². The molecule has 0 saturated carbocycles. The number of hydrogen-bond acceptors (Lipinski definition) is 6. The maximum absolute atomic E-state index is 13.3. The van der Waals surface area contributed by atoms with Crippen LogP contribution < -0.4 is 9.04 Å². The maximum atomic E-state index is 13.3. The fourth-order valence-corrected chi connectivity index (χ4v) is 5.95. The molecule has 0 atom stereocenters. The second kappa shape index (κ2) is 10.4. The second-order valence-electron chi connectivity index (χ2n) is 9.15. The van der Waals surface area contributed by atoms with E-state index in [4.69, 9.17) is 4.74 Å². The van der Waals surface area contributed by atoms with Gasteiger partial charge in [-0.05, 0) is 35.4 Å². The number of esters is 1. The lowest BCUT2D eigenvalue weighted by Crippen LogP contribution is -2.37. The standard InChI is InChI=1S/C24H30N2O6SSi/c1-31-24(28)13-11-19-10-12-21(22(16-19)32-18-20-8-6-5-7-9-20)26-17-23(27)25(33(26,29)30)14-15-34(2,3)4/h5-13,16H,14-15,17-18H2,1-4H3. The van der Waals surface area contributed by atoms with Crippen LogP contribution in [-0.2, 0) is 31.1 Å². The van der Waals surface area contributed by atoms with Crippen molar-refractivity contribution in [3.8, 4) is 5.75 Å². The van der Waals surface area contributed by atoms with Gasteiger partial charge in [-0.1, -0.05) is 56.0 Å². The van der Waals surface area contributed by atoms with Gasteiger partial charge in [-0.3, -0.25) is 4.79 Å². The highest BCUT2D eigenvalue weighted by atomic mass is 32.2. The Morgan fingerprint density at radius 2 is 1.82 bits per heavy atom. The Bertz CT molecular complexity index is 1180. The van der Waals surface area contributed by atoms with Crippen molar-refractivity contribution in [2.45, 2.75) is 32.3 Å². The molecule has 0 unspecified atom stereocenters. The number of benzene rings is 2. The Morgan fingerprint density at radius 1 is 1.12 bits per heavy atom. The Hall–Kier alpha value is -3.11. The predicted molar refractivity (Wildman–Crippen MR) is 134 cm³/mol. The summed E-state index contributed by atoms with van der Waals surface area (Å²) in [4.78, 5) is 24.2. The number of ether oxygens (including phenoxy) is 2. The topological polar surface area (TPSA) is 93.2 Å². The zero-order valence-electron chi connectivity index (χ0n) is 19.9. The molecule has 1 heterocycles. The van der Waals surface area contributed by atoms with E-state index in [0.717, 1.165) is 14.2 Å². The highest BCUT2D eigenvalue weighted by Gasteiger charge is 2.43. The average molecular weight is 503 g/mol. The summed E-state index contributed by atoms with van der Waals surface area (Å²) in [6.07, 6.45) is 2.82. The van der Waals surface area contributed by atoms with Crippen LogP contribution >= 0.6 is 0 Å². The molecule has 1 fully saturated rings. The molecule has 2 aromatic rings. The van der Waals surface area contributed by atoms with Crippen LogP contribution in [0.1, 0.15) is 11.1 Å². The number of hydrogen-bond donors (Lipinski definition) is 0. The lowest BCUT2D eigenvalue weighted by Gasteiger charge is -2.24. The van der Waals surface area contributed by atoms with Crippen molar-refractivity contribution >= 4 is 41.9 Å². The van der Waals surface area contributed by atoms with E-state index in [1.165, 1.54) is 13.2 Å². The van der Waals surface area contributed by atoms with E-state index < -0.39 is 30.2 Å². The van der Waals surface area contributed by atoms with Crippen molar-refractivity contribution in [3.63, 3.8) is 0 Å². The molecule has 182 valence electrons. The first kappa shape index (κ1) is 25.5. The molecule has 3 rings (SSSR count). The Balaban J connectivity index is 1.94. The molecule has 10 heteroatoms. The van der Waals surface area contributed by atoms with Crippen LogP contribution in [0, 0.1) is 0 Å². The van der Waals surface area contributed by atoms with E-state index in [-0.39, 0.29) is 25.4 Å². The second-order valence-corrected chi connectivity index (χ2v) is 16.5. The van der Waals surface area contributed by atoms with Crippen molar-refractivity contribution in [2.24, 2.45) is 0 Å². The molecule has 0 aromatic heterocycles. The van der Waals surface area contributed by atoms with E-state index in [0.29, 0.717) is 17.4 Å². The molecule has 1 aliphatic rings. The number of carbonyl (C=O) groups is 2. The number of amides is 1. The minimum absolute atomic E-state index is 0.174. The van der Waals surface area contributed by atoms with Gasteiger partial charge in [0.15, 0.2) is 0 Å². The van der Waals surface area contributed by atoms with Gasteiger partial charge in [0.25, 0.3) is 5.91 Å². The van der Waals surface area contributed by atoms with Crippen molar-refractivity contribution in [1.29, 1.82) is 0 Å². The molecule has 1 aliphatic heterocycles. The number of methoxy groups -OCH3 is 1. The lowest BCUT2D eigenvalue weighted by atomic mass is 10.1. The van der Waals surface area contributed by atoms with Crippen LogP contribution in [0.25, 0.3) is 6.08 Å². The molecule has 2 aromatic carbocycles. The summed E-state index contributed by atoms with van der Waals surface area (Å²) in [5.41, 5.74) is 1.80. The zero-order chi connectivity index (χ0) is 24.9. The van der Waals surface area contributed by atoms with Gasteiger partial charge >= 0.3 is 16.2 Å². The molecular weight excluding hydrogens is 472 g/mol. The van der Waals surface area contributed by atoms with Crippen LogP contribution in [0.4, 0.5) is 5.69 Å².